The number of ether oxygens (including phenoxy) is 1. The van der Waals surface area contributed by atoms with Crippen molar-refractivity contribution < 1.29 is 19.1 Å². The summed E-state index contributed by atoms with van der Waals surface area (Å²) in [5.74, 6) is -1.41. The van der Waals surface area contributed by atoms with Gasteiger partial charge in [0, 0.05) is 11.6 Å². The smallest absolute Gasteiger partial charge is 0.340 e. The first-order valence-corrected chi connectivity index (χ1v) is 10.4. The Morgan fingerprint density at radius 3 is 2.47 bits per heavy atom. The van der Waals surface area contributed by atoms with Crippen LogP contribution in [0.2, 0.25) is 5.02 Å². The van der Waals surface area contributed by atoms with Crippen molar-refractivity contribution >= 4 is 46.4 Å². The molecule has 0 saturated heterocycles. The Labute approximate surface area is 182 Å². The van der Waals surface area contributed by atoms with Crippen molar-refractivity contribution in [2.75, 3.05) is 18.5 Å². The first-order valence-electron chi connectivity index (χ1n) is 9.15. The lowest BCUT2D eigenvalue weighted by Crippen LogP contribution is -2.30. The van der Waals surface area contributed by atoms with E-state index in [2.05, 4.69) is 10.6 Å². The zero-order valence-electron chi connectivity index (χ0n) is 15.9. The molecular formula is C22H19ClN2O4S. The summed E-state index contributed by atoms with van der Waals surface area (Å²) in [5.41, 5.74) is 1.53. The van der Waals surface area contributed by atoms with E-state index in [1.165, 1.54) is 17.4 Å². The number of carbonyl (C=O) groups is 3. The second-order valence-corrected chi connectivity index (χ2v) is 7.66. The van der Waals surface area contributed by atoms with Gasteiger partial charge in [0.1, 0.15) is 0 Å². The molecule has 0 fully saturated rings. The summed E-state index contributed by atoms with van der Waals surface area (Å²) < 4.78 is 5.10. The quantitative estimate of drug-likeness (QED) is 0.513. The topological polar surface area (TPSA) is 84.5 Å². The van der Waals surface area contributed by atoms with Gasteiger partial charge in [0.2, 0.25) is 0 Å². The van der Waals surface area contributed by atoms with Crippen LogP contribution in [0.5, 0.6) is 0 Å². The normalized spacial score (nSPS) is 10.3. The van der Waals surface area contributed by atoms with Crippen molar-refractivity contribution in [1.82, 2.24) is 5.32 Å². The third kappa shape index (κ3) is 6.17. The molecule has 0 aliphatic rings. The highest BCUT2D eigenvalue weighted by atomic mass is 35.5. The Kier molecular flexibility index (Phi) is 7.59. The van der Waals surface area contributed by atoms with Crippen molar-refractivity contribution in [3.63, 3.8) is 0 Å². The molecule has 2 aromatic carbocycles. The number of hydrogen-bond donors (Lipinski definition) is 2. The summed E-state index contributed by atoms with van der Waals surface area (Å²) in [6, 6.07) is 17.3. The van der Waals surface area contributed by atoms with E-state index in [0.717, 1.165) is 5.56 Å². The molecule has 0 saturated carbocycles. The largest absolute Gasteiger partial charge is 0.452 e. The maximum Gasteiger partial charge on any atom is 0.340 e. The SMILES string of the molecule is O=C(COC(=O)c1ccccc1NC(=O)c1cccs1)NCCc1ccc(Cl)cc1. The fraction of sp³-hybridized carbons (Fsp3) is 0.136. The molecule has 30 heavy (non-hydrogen) atoms. The number of esters is 1. The number of hydrogen-bond acceptors (Lipinski definition) is 5. The van der Waals surface area contributed by atoms with Crippen molar-refractivity contribution in [1.29, 1.82) is 0 Å². The fourth-order valence-corrected chi connectivity index (χ4v) is 3.36. The molecule has 0 bridgehead atoms. The minimum Gasteiger partial charge on any atom is -0.452 e. The molecule has 0 spiro atoms. The van der Waals surface area contributed by atoms with Gasteiger partial charge >= 0.3 is 5.97 Å². The average molecular weight is 443 g/mol. The van der Waals surface area contributed by atoms with E-state index in [4.69, 9.17) is 16.3 Å². The minimum atomic E-state index is -0.690. The average Bonchev–Trinajstić information content (AvgIpc) is 3.29. The van der Waals surface area contributed by atoms with E-state index >= 15 is 0 Å². The zero-order chi connectivity index (χ0) is 21.3. The first-order chi connectivity index (χ1) is 14.5. The highest BCUT2D eigenvalue weighted by molar-refractivity contribution is 7.12. The lowest BCUT2D eigenvalue weighted by molar-refractivity contribution is -0.124. The lowest BCUT2D eigenvalue weighted by atomic mass is 10.1. The number of anilines is 1. The van der Waals surface area contributed by atoms with Crippen LogP contribution in [-0.2, 0) is 16.0 Å². The van der Waals surface area contributed by atoms with Gasteiger partial charge in [-0.2, -0.15) is 0 Å². The van der Waals surface area contributed by atoms with Crippen LogP contribution < -0.4 is 10.6 Å². The molecule has 3 aromatic rings. The Morgan fingerprint density at radius 1 is 0.967 bits per heavy atom. The molecule has 0 atom stereocenters. The van der Waals surface area contributed by atoms with E-state index in [9.17, 15) is 14.4 Å². The van der Waals surface area contributed by atoms with E-state index < -0.39 is 18.5 Å². The maximum atomic E-state index is 12.4. The maximum absolute atomic E-state index is 12.4. The van der Waals surface area contributed by atoms with E-state index in [-0.39, 0.29) is 11.5 Å². The van der Waals surface area contributed by atoms with E-state index in [0.29, 0.717) is 28.6 Å². The second-order valence-electron chi connectivity index (χ2n) is 6.28. The summed E-state index contributed by atoms with van der Waals surface area (Å²) in [7, 11) is 0. The Balaban J connectivity index is 1.49. The summed E-state index contributed by atoms with van der Waals surface area (Å²) in [4.78, 5) is 37.1. The highest BCUT2D eigenvalue weighted by Gasteiger charge is 2.16. The van der Waals surface area contributed by atoms with Gasteiger partial charge in [-0.1, -0.05) is 41.9 Å². The number of thiophene rings is 1. The van der Waals surface area contributed by atoms with Crippen LogP contribution in [0.15, 0.2) is 66.0 Å². The van der Waals surface area contributed by atoms with E-state index in [1.807, 2.05) is 12.1 Å². The van der Waals surface area contributed by atoms with Crippen LogP contribution in [0.3, 0.4) is 0 Å². The van der Waals surface area contributed by atoms with Gasteiger partial charge in [-0.05, 0) is 47.7 Å². The van der Waals surface area contributed by atoms with Gasteiger partial charge in [0.25, 0.3) is 11.8 Å². The highest BCUT2D eigenvalue weighted by Crippen LogP contribution is 2.19. The predicted octanol–water partition coefficient (Wildman–Crippen LogP) is 4.17. The summed E-state index contributed by atoms with van der Waals surface area (Å²) in [6.45, 7) is -0.00185. The zero-order valence-corrected chi connectivity index (χ0v) is 17.5. The van der Waals surface area contributed by atoms with Crippen molar-refractivity contribution in [2.45, 2.75) is 6.42 Å². The van der Waals surface area contributed by atoms with Crippen molar-refractivity contribution in [3.8, 4) is 0 Å². The number of benzene rings is 2. The van der Waals surface area contributed by atoms with Gasteiger partial charge < -0.3 is 15.4 Å². The monoisotopic (exact) mass is 442 g/mol. The molecule has 0 unspecified atom stereocenters. The molecule has 2 N–H and O–H groups in total. The van der Waals surface area contributed by atoms with E-state index in [1.54, 1.807) is 47.8 Å². The molecule has 3 rings (SSSR count). The molecule has 0 aliphatic carbocycles. The molecule has 6 nitrogen and oxygen atoms in total. The number of nitrogens with one attached hydrogen (secondary N) is 2. The second kappa shape index (κ2) is 10.6. The van der Waals surface area contributed by atoms with Gasteiger partial charge in [-0.3, -0.25) is 9.59 Å². The van der Waals surface area contributed by atoms with Gasteiger partial charge in [0.05, 0.1) is 16.1 Å². The number of carbonyl (C=O) groups excluding carboxylic acids is 3. The van der Waals surface area contributed by atoms with Crippen LogP contribution in [0, 0.1) is 0 Å². The molecule has 8 heteroatoms. The number of rotatable bonds is 8. The Bertz CT molecular complexity index is 1020. The Morgan fingerprint density at radius 2 is 1.73 bits per heavy atom. The van der Waals surface area contributed by atoms with Crippen molar-refractivity contribution in [3.05, 3.63) is 87.1 Å². The van der Waals surface area contributed by atoms with Crippen LogP contribution in [0.4, 0.5) is 5.69 Å². The number of para-hydroxylation sites is 1. The number of halogens is 1. The predicted molar refractivity (Wildman–Crippen MR) is 117 cm³/mol. The molecule has 1 heterocycles. The summed E-state index contributed by atoms with van der Waals surface area (Å²) in [5, 5.41) is 7.85. The van der Waals surface area contributed by atoms with Gasteiger partial charge in [-0.15, -0.1) is 11.3 Å². The van der Waals surface area contributed by atoms with Crippen LogP contribution >= 0.6 is 22.9 Å². The van der Waals surface area contributed by atoms with Gasteiger partial charge in [0.15, 0.2) is 6.61 Å². The molecule has 0 radical (unpaired) electrons. The third-order valence-electron chi connectivity index (χ3n) is 4.12. The minimum absolute atomic E-state index is 0.177. The van der Waals surface area contributed by atoms with Crippen LogP contribution in [0.1, 0.15) is 25.6 Å². The summed E-state index contributed by atoms with van der Waals surface area (Å²) in [6.07, 6.45) is 0.633. The fourth-order valence-electron chi connectivity index (χ4n) is 2.62. The molecule has 154 valence electrons. The lowest BCUT2D eigenvalue weighted by Gasteiger charge is -2.11. The van der Waals surface area contributed by atoms with Crippen LogP contribution in [-0.4, -0.2) is 30.9 Å². The first kappa shape index (κ1) is 21.5. The number of amides is 2. The molecule has 0 aliphatic heterocycles. The van der Waals surface area contributed by atoms with Gasteiger partial charge in [-0.25, -0.2) is 4.79 Å². The third-order valence-corrected chi connectivity index (χ3v) is 5.24. The van der Waals surface area contributed by atoms with Crippen LogP contribution in [0.25, 0.3) is 0 Å². The molecule has 1 aromatic heterocycles. The van der Waals surface area contributed by atoms with Crippen molar-refractivity contribution in [2.24, 2.45) is 0 Å². The standard InChI is InChI=1S/C22H19ClN2O4S/c23-16-9-7-15(8-10-16)11-12-24-20(26)14-29-22(28)17-4-1-2-5-18(17)25-21(27)19-6-3-13-30-19/h1-10,13H,11-12,14H2,(H,24,26)(H,25,27). The molecular weight excluding hydrogens is 424 g/mol. The Hall–Kier alpha value is -3.16. The summed E-state index contributed by atoms with van der Waals surface area (Å²) >= 11 is 7.14. The molecule has 2 amide bonds.